The fourth-order valence-corrected chi connectivity index (χ4v) is 3.98. The summed E-state index contributed by atoms with van der Waals surface area (Å²) in [6.45, 7) is 3.49. The normalized spacial score (nSPS) is 11.3. The summed E-state index contributed by atoms with van der Waals surface area (Å²) in [6.07, 6.45) is 1.46. The molecule has 0 saturated heterocycles. The lowest BCUT2D eigenvalue weighted by Gasteiger charge is -2.14. The molecule has 190 valence electrons. The molecule has 0 atom stereocenters. The highest BCUT2D eigenvalue weighted by Crippen LogP contribution is 2.30. The Labute approximate surface area is 220 Å². The van der Waals surface area contributed by atoms with E-state index in [0.717, 1.165) is 4.47 Å². The fraction of sp³-hybridized carbons (Fsp3) is 0.185. The number of carbonyl (C=O) groups excluding carboxylic acids is 1. The average Bonchev–Trinajstić information content (AvgIpc) is 2.87. The lowest BCUT2D eigenvalue weighted by molar-refractivity contribution is -0.118. The number of anilines is 1. The largest absolute Gasteiger partial charge is 0.493 e. The number of ether oxygens (including phenoxy) is 2. The number of para-hydroxylation sites is 1. The van der Waals surface area contributed by atoms with E-state index < -0.39 is 11.7 Å². The maximum absolute atomic E-state index is 13.4. The van der Waals surface area contributed by atoms with Crippen LogP contribution in [0.3, 0.4) is 0 Å². The van der Waals surface area contributed by atoms with E-state index in [1.165, 1.54) is 36.2 Å². The number of methoxy groups -OCH3 is 1. The van der Waals surface area contributed by atoms with Crippen LogP contribution in [0, 0.1) is 5.82 Å². The van der Waals surface area contributed by atoms with Gasteiger partial charge >= 0.3 is 0 Å². The minimum Gasteiger partial charge on any atom is -0.493 e. The SMILES string of the molecule is COc1cccc(C=Nn2c(C(C)C)nc3ccc(Br)cc3c2=O)c1OCC(=O)Nc1cccc(F)c1. The third-order valence-electron chi connectivity index (χ3n) is 5.35. The second-order valence-corrected chi connectivity index (χ2v) is 9.29. The van der Waals surface area contributed by atoms with Crippen LogP contribution in [-0.4, -0.2) is 35.5 Å². The number of hydrogen-bond donors (Lipinski definition) is 1. The molecule has 3 aromatic carbocycles. The molecule has 0 saturated carbocycles. The fourth-order valence-electron chi connectivity index (χ4n) is 3.62. The Morgan fingerprint density at radius 1 is 1.19 bits per heavy atom. The average molecular weight is 567 g/mol. The minimum absolute atomic E-state index is 0.0783. The Bertz CT molecular complexity index is 1550. The zero-order valence-electron chi connectivity index (χ0n) is 20.4. The zero-order valence-corrected chi connectivity index (χ0v) is 22.0. The quantitative estimate of drug-likeness (QED) is 0.291. The van der Waals surface area contributed by atoms with Gasteiger partial charge in [0.15, 0.2) is 18.1 Å². The number of nitrogens with one attached hydrogen (secondary N) is 1. The van der Waals surface area contributed by atoms with Gasteiger partial charge in [0.05, 0.1) is 24.2 Å². The van der Waals surface area contributed by atoms with E-state index in [4.69, 9.17) is 9.47 Å². The lowest BCUT2D eigenvalue weighted by Crippen LogP contribution is -2.23. The highest BCUT2D eigenvalue weighted by Gasteiger charge is 2.16. The molecule has 0 aliphatic carbocycles. The van der Waals surface area contributed by atoms with Gasteiger partial charge in [0.25, 0.3) is 11.5 Å². The Morgan fingerprint density at radius 3 is 2.70 bits per heavy atom. The van der Waals surface area contributed by atoms with Crippen LogP contribution in [0.4, 0.5) is 10.1 Å². The number of aromatic nitrogens is 2. The Balaban J connectivity index is 1.65. The second-order valence-electron chi connectivity index (χ2n) is 8.37. The van der Waals surface area contributed by atoms with Crippen LogP contribution >= 0.6 is 15.9 Å². The van der Waals surface area contributed by atoms with E-state index in [-0.39, 0.29) is 23.8 Å². The smallest absolute Gasteiger partial charge is 0.282 e. The van der Waals surface area contributed by atoms with Gasteiger partial charge in [-0.1, -0.05) is 41.9 Å². The van der Waals surface area contributed by atoms with Crippen molar-refractivity contribution in [3.63, 3.8) is 0 Å². The van der Waals surface area contributed by atoms with E-state index in [1.54, 1.807) is 36.4 Å². The molecule has 0 fully saturated rings. The molecular weight excluding hydrogens is 543 g/mol. The van der Waals surface area contributed by atoms with Crippen molar-refractivity contribution in [2.24, 2.45) is 5.10 Å². The summed E-state index contributed by atoms with van der Waals surface area (Å²) in [5, 5.41) is 7.45. The number of hydrogen-bond acceptors (Lipinski definition) is 6. The molecule has 0 spiro atoms. The van der Waals surface area contributed by atoms with Gasteiger partial charge in [0, 0.05) is 21.6 Å². The number of rotatable bonds is 8. The first-order valence-corrected chi connectivity index (χ1v) is 12.2. The van der Waals surface area contributed by atoms with Crippen LogP contribution in [-0.2, 0) is 4.79 Å². The number of amides is 1. The highest BCUT2D eigenvalue weighted by molar-refractivity contribution is 9.10. The molecule has 10 heteroatoms. The molecule has 37 heavy (non-hydrogen) atoms. The molecule has 1 N–H and O–H groups in total. The van der Waals surface area contributed by atoms with Gasteiger partial charge in [-0.15, -0.1) is 0 Å². The Hall–Kier alpha value is -4.05. The zero-order chi connectivity index (χ0) is 26.5. The van der Waals surface area contributed by atoms with Gasteiger partial charge in [-0.05, 0) is 48.5 Å². The third-order valence-corrected chi connectivity index (χ3v) is 5.84. The predicted octanol–water partition coefficient (Wildman–Crippen LogP) is 5.33. The van der Waals surface area contributed by atoms with E-state index in [1.807, 2.05) is 19.9 Å². The van der Waals surface area contributed by atoms with Crippen molar-refractivity contribution in [3.05, 3.63) is 92.7 Å². The number of halogens is 2. The molecule has 0 radical (unpaired) electrons. The van der Waals surface area contributed by atoms with Crippen LogP contribution in [0.5, 0.6) is 11.5 Å². The van der Waals surface area contributed by atoms with Crippen molar-refractivity contribution < 1.29 is 18.7 Å². The topological polar surface area (TPSA) is 94.8 Å². The first kappa shape index (κ1) is 26.0. The summed E-state index contributed by atoms with van der Waals surface area (Å²) in [5.74, 6) is 0.107. The lowest BCUT2D eigenvalue weighted by atomic mass is 10.2. The monoisotopic (exact) mass is 566 g/mol. The molecule has 0 aliphatic heterocycles. The van der Waals surface area contributed by atoms with E-state index in [9.17, 15) is 14.0 Å². The summed E-state index contributed by atoms with van der Waals surface area (Å²) in [5.41, 5.74) is 1.06. The molecule has 1 aromatic heterocycles. The standard InChI is InChI=1S/C27H24BrFN4O4/c1-16(2)26-32-22-11-10-18(28)12-21(22)27(35)33(26)30-14-17-6-4-9-23(36-3)25(17)37-15-24(34)31-20-8-5-7-19(29)13-20/h4-14,16H,15H2,1-3H3,(H,31,34). The summed E-state index contributed by atoms with van der Waals surface area (Å²) in [7, 11) is 1.47. The number of carbonyl (C=O) groups is 1. The van der Waals surface area contributed by atoms with Crippen LogP contribution in [0.2, 0.25) is 0 Å². The summed E-state index contributed by atoms with van der Waals surface area (Å²) in [4.78, 5) is 30.4. The van der Waals surface area contributed by atoms with E-state index in [0.29, 0.717) is 33.7 Å². The molecule has 8 nitrogen and oxygen atoms in total. The second kappa shape index (κ2) is 11.3. The number of benzene rings is 3. The van der Waals surface area contributed by atoms with Crippen molar-refractivity contribution in [3.8, 4) is 11.5 Å². The molecule has 4 rings (SSSR count). The summed E-state index contributed by atoms with van der Waals surface area (Å²) < 4.78 is 26.6. The molecule has 4 aromatic rings. The van der Waals surface area contributed by atoms with Gasteiger partial charge in [-0.25, -0.2) is 9.37 Å². The van der Waals surface area contributed by atoms with E-state index in [2.05, 4.69) is 31.3 Å². The van der Waals surface area contributed by atoms with Crippen LogP contribution in [0.1, 0.15) is 31.2 Å². The molecule has 0 aliphatic rings. The van der Waals surface area contributed by atoms with Crippen LogP contribution < -0.4 is 20.3 Å². The number of nitrogens with zero attached hydrogens (tertiary/aromatic N) is 3. The first-order valence-electron chi connectivity index (χ1n) is 11.4. The van der Waals surface area contributed by atoms with Gasteiger partial charge in [0.2, 0.25) is 0 Å². The third kappa shape index (κ3) is 6.03. The van der Waals surface area contributed by atoms with Gasteiger partial charge in [0.1, 0.15) is 11.6 Å². The summed E-state index contributed by atoms with van der Waals surface area (Å²) >= 11 is 3.40. The Morgan fingerprint density at radius 2 is 1.97 bits per heavy atom. The molecule has 0 unspecified atom stereocenters. The van der Waals surface area contributed by atoms with Crippen molar-refractivity contribution in [1.82, 2.24) is 9.66 Å². The van der Waals surface area contributed by atoms with Crippen molar-refractivity contribution in [2.45, 2.75) is 19.8 Å². The maximum atomic E-state index is 13.4. The van der Waals surface area contributed by atoms with E-state index >= 15 is 0 Å². The molecule has 1 heterocycles. The predicted molar refractivity (Wildman–Crippen MR) is 144 cm³/mol. The number of fused-ring (bicyclic) bond motifs is 1. The molecular formula is C27H24BrFN4O4. The maximum Gasteiger partial charge on any atom is 0.282 e. The molecule has 0 bridgehead atoms. The summed E-state index contributed by atoms with van der Waals surface area (Å²) in [6, 6.07) is 16.0. The van der Waals surface area contributed by atoms with Crippen LogP contribution in [0.25, 0.3) is 10.9 Å². The first-order chi connectivity index (χ1) is 17.8. The minimum atomic E-state index is -0.484. The van der Waals surface area contributed by atoms with Crippen molar-refractivity contribution in [2.75, 3.05) is 19.0 Å². The van der Waals surface area contributed by atoms with Gasteiger partial charge in [-0.2, -0.15) is 9.78 Å². The van der Waals surface area contributed by atoms with Crippen LogP contribution in [0.15, 0.2) is 75.0 Å². The van der Waals surface area contributed by atoms with Crippen molar-refractivity contribution >= 4 is 44.6 Å². The van der Waals surface area contributed by atoms with Gasteiger partial charge in [-0.3, -0.25) is 9.59 Å². The molecule has 1 amide bonds. The highest BCUT2D eigenvalue weighted by atomic mass is 79.9. The van der Waals surface area contributed by atoms with Crippen molar-refractivity contribution in [1.29, 1.82) is 0 Å². The Kier molecular flexibility index (Phi) is 7.98. The van der Waals surface area contributed by atoms with Gasteiger partial charge < -0.3 is 14.8 Å².